The van der Waals surface area contributed by atoms with Gasteiger partial charge in [-0.1, -0.05) is 78.0 Å². The number of hydrogen-bond donors (Lipinski definition) is 0. The highest BCUT2D eigenvalue weighted by Crippen LogP contribution is 2.50. The van der Waals surface area contributed by atoms with Crippen LogP contribution in [0.2, 0.25) is 18.1 Å². The number of carbonyl (C=O) groups excluding carboxylic acids is 1. The fourth-order valence-corrected chi connectivity index (χ4v) is 8.44. The zero-order valence-corrected chi connectivity index (χ0v) is 25.4. The van der Waals surface area contributed by atoms with E-state index in [1.165, 1.54) is 7.11 Å². The number of ether oxygens (including phenoxy) is 2. The predicted molar refractivity (Wildman–Crippen MR) is 149 cm³/mol. The highest BCUT2D eigenvalue weighted by atomic mass is 32.2. The summed E-state index contributed by atoms with van der Waals surface area (Å²) in [6.07, 6.45) is 8.84. The van der Waals surface area contributed by atoms with Gasteiger partial charge in [0.2, 0.25) is 0 Å². The van der Waals surface area contributed by atoms with Crippen molar-refractivity contribution < 1.29 is 27.1 Å². The summed E-state index contributed by atoms with van der Waals surface area (Å²) in [5, 5.41) is -0.777. The standard InChI is InChI=1S/C29H42O6SSi/c1-27(2,3)37(8,9)35-25-16-18-29(6)17-15-21(34-26(30)33-7)19-23(29)24(20-28(25,4)5)36(31,32)22-13-11-10-12-14-22/h10-19,23-25H,20H2,1-9H3/b18-16-/t23-,24-,25+,29+/m1/s1. The van der Waals surface area contributed by atoms with E-state index in [0.717, 1.165) is 0 Å². The van der Waals surface area contributed by atoms with Gasteiger partial charge in [-0.3, -0.25) is 0 Å². The molecule has 37 heavy (non-hydrogen) atoms. The monoisotopic (exact) mass is 546 g/mol. The van der Waals surface area contributed by atoms with Crippen molar-refractivity contribution in [3.63, 3.8) is 0 Å². The smallest absolute Gasteiger partial charge is 0.437 e. The van der Waals surface area contributed by atoms with Crippen molar-refractivity contribution in [1.82, 2.24) is 0 Å². The Hall–Kier alpha value is -2.16. The first kappa shape index (κ1) is 29.4. The molecule has 2 aliphatic carbocycles. The summed E-state index contributed by atoms with van der Waals surface area (Å²) in [5.41, 5.74) is -1.13. The first-order valence-electron chi connectivity index (χ1n) is 12.8. The van der Waals surface area contributed by atoms with Gasteiger partial charge in [-0.05, 0) is 54.3 Å². The van der Waals surface area contributed by atoms with Crippen molar-refractivity contribution in [3.05, 3.63) is 66.5 Å². The quantitative estimate of drug-likeness (QED) is 0.223. The summed E-state index contributed by atoms with van der Waals surface area (Å²) in [5.74, 6) is -0.199. The molecule has 0 amide bonds. The average molecular weight is 547 g/mol. The Bertz CT molecular complexity index is 1190. The maximum absolute atomic E-state index is 14.2. The van der Waals surface area contributed by atoms with Gasteiger partial charge in [-0.25, -0.2) is 13.2 Å². The summed E-state index contributed by atoms with van der Waals surface area (Å²) in [7, 11) is -4.68. The van der Waals surface area contributed by atoms with Gasteiger partial charge in [0.05, 0.1) is 23.4 Å². The molecule has 3 rings (SSSR count). The minimum absolute atomic E-state index is 0.00878. The number of fused-ring (bicyclic) bond motifs is 1. The molecule has 4 atom stereocenters. The molecule has 0 saturated carbocycles. The zero-order valence-electron chi connectivity index (χ0n) is 23.6. The average Bonchev–Trinajstić information content (AvgIpc) is 2.80. The van der Waals surface area contributed by atoms with E-state index in [0.29, 0.717) is 6.42 Å². The molecule has 0 spiro atoms. The first-order chi connectivity index (χ1) is 16.9. The number of benzene rings is 1. The zero-order chi connectivity index (χ0) is 27.9. The lowest BCUT2D eigenvalue weighted by molar-refractivity contribution is 0.0781. The molecule has 0 aromatic heterocycles. The number of carbonyl (C=O) groups is 1. The normalized spacial score (nSPS) is 28.8. The van der Waals surface area contributed by atoms with E-state index in [-0.39, 0.29) is 21.8 Å². The van der Waals surface area contributed by atoms with Gasteiger partial charge in [0, 0.05) is 11.3 Å². The van der Waals surface area contributed by atoms with Gasteiger partial charge in [0.15, 0.2) is 18.2 Å². The molecule has 6 nitrogen and oxygen atoms in total. The van der Waals surface area contributed by atoms with Gasteiger partial charge in [0.25, 0.3) is 0 Å². The van der Waals surface area contributed by atoms with Crippen LogP contribution in [-0.4, -0.2) is 41.4 Å². The van der Waals surface area contributed by atoms with Crippen LogP contribution in [0.5, 0.6) is 0 Å². The van der Waals surface area contributed by atoms with E-state index >= 15 is 0 Å². The summed E-state index contributed by atoms with van der Waals surface area (Å²) in [4.78, 5) is 12.1. The summed E-state index contributed by atoms with van der Waals surface area (Å²) in [6.45, 7) is 17.2. The van der Waals surface area contributed by atoms with E-state index in [2.05, 4.69) is 64.6 Å². The number of hydrogen-bond acceptors (Lipinski definition) is 6. The van der Waals surface area contributed by atoms with Crippen LogP contribution in [0.15, 0.2) is 71.4 Å². The summed E-state index contributed by atoms with van der Waals surface area (Å²) >= 11 is 0. The summed E-state index contributed by atoms with van der Waals surface area (Å²) in [6, 6.07) is 8.58. The third-order valence-corrected chi connectivity index (χ3v) is 14.9. The van der Waals surface area contributed by atoms with Crippen molar-refractivity contribution in [1.29, 1.82) is 0 Å². The van der Waals surface area contributed by atoms with Gasteiger partial charge in [-0.15, -0.1) is 0 Å². The van der Waals surface area contributed by atoms with E-state index < -0.39 is 46.3 Å². The number of allylic oxidation sites excluding steroid dienone is 4. The lowest BCUT2D eigenvalue weighted by Crippen LogP contribution is -2.51. The Morgan fingerprint density at radius 1 is 1.05 bits per heavy atom. The van der Waals surface area contributed by atoms with Crippen molar-refractivity contribution in [2.24, 2.45) is 16.7 Å². The highest BCUT2D eigenvalue weighted by Gasteiger charge is 2.50. The maximum Gasteiger partial charge on any atom is 0.513 e. The third-order valence-electron chi connectivity index (χ3n) is 8.26. The largest absolute Gasteiger partial charge is 0.513 e. The van der Waals surface area contributed by atoms with E-state index in [1.54, 1.807) is 36.4 Å². The number of sulfone groups is 1. The first-order valence-corrected chi connectivity index (χ1v) is 17.2. The van der Waals surface area contributed by atoms with Crippen molar-refractivity contribution in [3.8, 4) is 0 Å². The predicted octanol–water partition coefficient (Wildman–Crippen LogP) is 7.06. The molecule has 8 heteroatoms. The van der Waals surface area contributed by atoms with Crippen LogP contribution in [-0.2, 0) is 23.7 Å². The van der Waals surface area contributed by atoms with Crippen LogP contribution in [0.3, 0.4) is 0 Å². The number of rotatable bonds is 5. The van der Waals surface area contributed by atoms with Crippen molar-refractivity contribution >= 4 is 24.3 Å². The fraction of sp³-hybridized carbons (Fsp3) is 0.552. The molecular formula is C29H42O6SSi. The molecular weight excluding hydrogens is 504 g/mol. The topological polar surface area (TPSA) is 78.9 Å². The Kier molecular flexibility index (Phi) is 8.10. The van der Waals surface area contributed by atoms with Crippen LogP contribution in [0.1, 0.15) is 48.0 Å². The molecule has 1 aromatic rings. The molecule has 204 valence electrons. The molecule has 0 bridgehead atoms. The number of methoxy groups -OCH3 is 1. The molecule has 0 aliphatic heterocycles. The molecule has 0 unspecified atom stereocenters. The van der Waals surface area contributed by atoms with Crippen molar-refractivity contribution in [2.45, 2.75) is 82.3 Å². The Labute approximate surface area is 223 Å². The van der Waals surface area contributed by atoms with E-state index in [9.17, 15) is 13.2 Å². The Balaban J connectivity index is 2.18. The highest BCUT2D eigenvalue weighted by molar-refractivity contribution is 7.92. The third kappa shape index (κ3) is 6.12. The second-order valence-corrected chi connectivity index (χ2v) is 19.5. The molecule has 0 saturated heterocycles. The SMILES string of the molecule is COC(=O)OC1=C[C@@H]2[C@H](S(=O)(=O)c3ccccc3)CC(C)(C)[C@@H](O[Si](C)(C)C(C)(C)C)/C=C\[C@]2(C)C=C1. The summed E-state index contributed by atoms with van der Waals surface area (Å²) < 4.78 is 45.4. The van der Waals surface area contributed by atoms with Crippen LogP contribution in [0.4, 0.5) is 4.79 Å². The lowest BCUT2D eigenvalue weighted by Gasteiger charge is -2.48. The van der Waals surface area contributed by atoms with Gasteiger partial charge < -0.3 is 13.9 Å². The van der Waals surface area contributed by atoms with E-state index in [1.807, 2.05) is 19.1 Å². The second-order valence-electron chi connectivity index (χ2n) is 12.6. The fourth-order valence-electron chi connectivity index (χ4n) is 4.76. The molecule has 0 radical (unpaired) electrons. The van der Waals surface area contributed by atoms with Gasteiger partial charge >= 0.3 is 6.16 Å². The second kappa shape index (κ2) is 10.2. The molecule has 0 N–H and O–H groups in total. The lowest BCUT2D eigenvalue weighted by atomic mass is 9.66. The van der Waals surface area contributed by atoms with Gasteiger partial charge in [-0.2, -0.15) is 0 Å². The Morgan fingerprint density at radius 2 is 1.68 bits per heavy atom. The molecule has 0 fully saturated rings. The van der Waals surface area contributed by atoms with Crippen LogP contribution in [0, 0.1) is 16.7 Å². The molecule has 1 aromatic carbocycles. The van der Waals surface area contributed by atoms with Crippen molar-refractivity contribution in [2.75, 3.05) is 7.11 Å². The van der Waals surface area contributed by atoms with Crippen LogP contribution >= 0.6 is 0 Å². The van der Waals surface area contributed by atoms with Crippen LogP contribution < -0.4 is 0 Å². The van der Waals surface area contributed by atoms with Crippen LogP contribution in [0.25, 0.3) is 0 Å². The Morgan fingerprint density at radius 3 is 2.24 bits per heavy atom. The molecule has 2 aliphatic rings. The minimum atomic E-state index is -3.76. The minimum Gasteiger partial charge on any atom is -0.437 e. The van der Waals surface area contributed by atoms with Gasteiger partial charge in [0.1, 0.15) is 5.76 Å². The molecule has 0 heterocycles. The maximum atomic E-state index is 14.2. The van der Waals surface area contributed by atoms with E-state index in [4.69, 9.17) is 9.16 Å².